The third-order valence-corrected chi connectivity index (χ3v) is 2.67. The molecule has 0 saturated carbocycles. The van der Waals surface area contributed by atoms with Crippen molar-refractivity contribution in [2.24, 2.45) is 0 Å². The van der Waals surface area contributed by atoms with E-state index < -0.39 is 5.60 Å². The van der Waals surface area contributed by atoms with Gasteiger partial charge in [-0.3, -0.25) is 4.79 Å². The molecule has 0 fully saturated rings. The molecule has 0 bridgehead atoms. The summed E-state index contributed by atoms with van der Waals surface area (Å²) >= 11 is 0. The molecule has 1 aliphatic carbocycles. The summed E-state index contributed by atoms with van der Waals surface area (Å²) in [7, 11) is 0. The van der Waals surface area contributed by atoms with Gasteiger partial charge >= 0.3 is 0 Å². The normalized spacial score (nSPS) is 23.7. The van der Waals surface area contributed by atoms with E-state index in [1.54, 1.807) is 18.2 Å². The van der Waals surface area contributed by atoms with Crippen LogP contribution in [-0.4, -0.2) is 10.9 Å². The first-order chi connectivity index (χ1) is 7.18. The molecule has 76 valence electrons. The van der Waals surface area contributed by atoms with Gasteiger partial charge in [-0.15, -0.1) is 6.58 Å². The van der Waals surface area contributed by atoms with Crippen LogP contribution >= 0.6 is 0 Å². The number of hydrogen-bond acceptors (Lipinski definition) is 2. The maximum atomic E-state index is 11.7. The van der Waals surface area contributed by atoms with Gasteiger partial charge in [0.1, 0.15) is 0 Å². The average Bonchev–Trinajstić information content (AvgIpc) is 2.25. The molecule has 1 N–H and O–H groups in total. The number of fused-ring (bicyclic) bond motifs is 1. The molecule has 1 aromatic carbocycles. The van der Waals surface area contributed by atoms with E-state index >= 15 is 0 Å². The highest BCUT2D eigenvalue weighted by Crippen LogP contribution is 2.33. The van der Waals surface area contributed by atoms with Gasteiger partial charge in [0, 0.05) is 6.42 Å². The zero-order valence-electron chi connectivity index (χ0n) is 8.31. The Bertz CT molecular complexity index is 446. The fourth-order valence-corrected chi connectivity index (χ4v) is 1.87. The Labute approximate surface area is 88.6 Å². The summed E-state index contributed by atoms with van der Waals surface area (Å²) in [6.07, 6.45) is 4.96. The number of carbonyl (C=O) groups is 1. The number of rotatable bonds is 2. The minimum Gasteiger partial charge on any atom is -0.377 e. The molecule has 15 heavy (non-hydrogen) atoms. The highest BCUT2D eigenvalue weighted by molar-refractivity contribution is 6.03. The number of benzene rings is 1. The predicted octanol–water partition coefficient (Wildman–Crippen LogP) is 2.05. The van der Waals surface area contributed by atoms with Crippen molar-refractivity contribution in [2.45, 2.75) is 12.0 Å². The van der Waals surface area contributed by atoms with E-state index in [2.05, 4.69) is 6.58 Å². The Morgan fingerprint density at radius 1 is 1.33 bits per heavy atom. The van der Waals surface area contributed by atoms with Crippen molar-refractivity contribution in [1.29, 1.82) is 0 Å². The molecule has 1 aliphatic rings. The summed E-state index contributed by atoms with van der Waals surface area (Å²) in [5.41, 5.74) is 0.131. The second kappa shape index (κ2) is 3.48. The van der Waals surface area contributed by atoms with E-state index in [1.165, 1.54) is 6.08 Å². The summed E-state index contributed by atoms with van der Waals surface area (Å²) in [6, 6.07) is 7.36. The van der Waals surface area contributed by atoms with E-state index in [-0.39, 0.29) is 12.2 Å². The summed E-state index contributed by atoms with van der Waals surface area (Å²) in [4.78, 5) is 11.7. The average molecular weight is 200 g/mol. The van der Waals surface area contributed by atoms with Crippen molar-refractivity contribution in [3.8, 4) is 0 Å². The third kappa shape index (κ3) is 1.43. The number of ketones is 1. The lowest BCUT2D eigenvalue weighted by Gasteiger charge is -2.29. The van der Waals surface area contributed by atoms with Gasteiger partial charge in [-0.1, -0.05) is 36.4 Å². The molecule has 1 atom stereocenters. The molecule has 2 heteroatoms. The molecule has 0 aromatic heterocycles. The zero-order valence-corrected chi connectivity index (χ0v) is 8.31. The summed E-state index contributed by atoms with van der Waals surface area (Å²) in [5.74, 6) is -0.277. The minimum atomic E-state index is -1.42. The van der Waals surface area contributed by atoms with Crippen LogP contribution in [0.2, 0.25) is 0 Å². The predicted molar refractivity (Wildman–Crippen MR) is 59.2 cm³/mol. The van der Waals surface area contributed by atoms with Crippen LogP contribution in [-0.2, 0) is 10.4 Å². The minimum absolute atomic E-state index is 0.243. The van der Waals surface area contributed by atoms with E-state index in [0.717, 1.165) is 5.56 Å². The van der Waals surface area contributed by atoms with Crippen molar-refractivity contribution in [2.75, 3.05) is 0 Å². The van der Waals surface area contributed by atoms with Crippen molar-refractivity contribution in [1.82, 2.24) is 0 Å². The molecule has 0 spiro atoms. The molecule has 2 rings (SSSR count). The van der Waals surface area contributed by atoms with E-state index in [4.69, 9.17) is 0 Å². The first-order valence-electron chi connectivity index (χ1n) is 4.84. The van der Waals surface area contributed by atoms with Crippen LogP contribution < -0.4 is 0 Å². The second-order valence-corrected chi connectivity index (χ2v) is 3.64. The summed E-state index contributed by atoms with van der Waals surface area (Å²) in [6.45, 7) is 3.57. The fraction of sp³-hybridized carbons (Fsp3) is 0.154. The van der Waals surface area contributed by atoms with E-state index in [0.29, 0.717) is 5.56 Å². The van der Waals surface area contributed by atoms with E-state index in [1.807, 2.05) is 18.2 Å². The summed E-state index contributed by atoms with van der Waals surface area (Å²) in [5, 5.41) is 10.3. The molecule has 0 saturated heterocycles. The quantitative estimate of drug-likeness (QED) is 0.742. The third-order valence-electron chi connectivity index (χ3n) is 2.67. The lowest BCUT2D eigenvalue weighted by Crippen LogP contribution is -2.36. The Kier molecular flexibility index (Phi) is 2.29. The van der Waals surface area contributed by atoms with Crippen molar-refractivity contribution >= 4 is 11.9 Å². The monoisotopic (exact) mass is 200 g/mol. The Hall–Kier alpha value is -1.67. The SMILES string of the molecule is C=CCC1(O)C(=O)C=Cc2ccccc21. The number of hydrogen-bond donors (Lipinski definition) is 1. The van der Waals surface area contributed by atoms with Gasteiger partial charge in [-0.05, 0) is 17.2 Å². The molecular weight excluding hydrogens is 188 g/mol. The highest BCUT2D eigenvalue weighted by atomic mass is 16.3. The smallest absolute Gasteiger partial charge is 0.192 e. The van der Waals surface area contributed by atoms with Gasteiger partial charge in [0.25, 0.3) is 0 Å². The van der Waals surface area contributed by atoms with Crippen LogP contribution in [0.25, 0.3) is 6.08 Å². The highest BCUT2D eigenvalue weighted by Gasteiger charge is 2.38. The van der Waals surface area contributed by atoms with Crippen LogP contribution in [0, 0.1) is 0 Å². The summed E-state index contributed by atoms with van der Waals surface area (Å²) < 4.78 is 0. The van der Waals surface area contributed by atoms with Crippen molar-refractivity contribution in [3.05, 3.63) is 54.1 Å². The van der Waals surface area contributed by atoms with Crippen molar-refractivity contribution in [3.63, 3.8) is 0 Å². The van der Waals surface area contributed by atoms with Crippen LogP contribution in [0.4, 0.5) is 0 Å². The van der Waals surface area contributed by atoms with Gasteiger partial charge < -0.3 is 5.11 Å². The van der Waals surface area contributed by atoms with Crippen LogP contribution in [0.5, 0.6) is 0 Å². The standard InChI is InChI=1S/C13H12O2/c1-2-9-13(15)11-6-4-3-5-10(11)7-8-12(13)14/h2-8,15H,1,9H2. The Balaban J connectivity index is 2.60. The molecule has 0 radical (unpaired) electrons. The molecule has 0 amide bonds. The van der Waals surface area contributed by atoms with Crippen LogP contribution in [0.15, 0.2) is 43.0 Å². The second-order valence-electron chi connectivity index (χ2n) is 3.64. The molecule has 1 unspecified atom stereocenters. The van der Waals surface area contributed by atoms with Gasteiger partial charge in [-0.25, -0.2) is 0 Å². The number of aliphatic hydroxyl groups is 1. The lowest BCUT2D eigenvalue weighted by molar-refractivity contribution is -0.133. The lowest BCUT2D eigenvalue weighted by atomic mass is 9.80. The maximum Gasteiger partial charge on any atom is 0.192 e. The molecule has 0 heterocycles. The molecule has 1 aromatic rings. The van der Waals surface area contributed by atoms with Gasteiger partial charge in [0.2, 0.25) is 0 Å². The topological polar surface area (TPSA) is 37.3 Å². The van der Waals surface area contributed by atoms with Crippen LogP contribution in [0.3, 0.4) is 0 Å². The first kappa shape index (κ1) is 9.87. The van der Waals surface area contributed by atoms with Crippen LogP contribution in [0.1, 0.15) is 17.5 Å². The molecular formula is C13H12O2. The largest absolute Gasteiger partial charge is 0.377 e. The Morgan fingerprint density at radius 3 is 2.80 bits per heavy atom. The maximum absolute atomic E-state index is 11.7. The van der Waals surface area contributed by atoms with Gasteiger partial charge in [0.15, 0.2) is 11.4 Å². The van der Waals surface area contributed by atoms with E-state index in [9.17, 15) is 9.90 Å². The van der Waals surface area contributed by atoms with Crippen molar-refractivity contribution < 1.29 is 9.90 Å². The van der Waals surface area contributed by atoms with Gasteiger partial charge in [-0.2, -0.15) is 0 Å². The fourth-order valence-electron chi connectivity index (χ4n) is 1.87. The zero-order chi connectivity index (χ0) is 10.9. The first-order valence-corrected chi connectivity index (χ1v) is 4.84. The van der Waals surface area contributed by atoms with Gasteiger partial charge in [0.05, 0.1) is 0 Å². The molecule has 0 aliphatic heterocycles. The Morgan fingerprint density at radius 2 is 2.07 bits per heavy atom. The number of carbonyl (C=O) groups excluding carboxylic acids is 1. The molecule has 2 nitrogen and oxygen atoms in total.